The second-order valence-electron chi connectivity index (χ2n) is 3.19. The maximum Gasteiger partial charge on any atom is 0.0893 e. The van der Waals surface area contributed by atoms with E-state index < -0.39 is 0 Å². The molecular weight excluding hydrogens is 184 g/mol. The Balaban J connectivity index is 2.38. The van der Waals surface area contributed by atoms with Crippen LogP contribution in [0.2, 0.25) is 0 Å². The van der Waals surface area contributed by atoms with Crippen molar-refractivity contribution in [1.82, 2.24) is 4.98 Å². The lowest BCUT2D eigenvalue weighted by atomic mass is 10.1. The van der Waals surface area contributed by atoms with Crippen molar-refractivity contribution in [3.8, 4) is 17.3 Å². The van der Waals surface area contributed by atoms with Gasteiger partial charge in [-0.25, -0.2) is 4.98 Å². The van der Waals surface area contributed by atoms with Crippen molar-refractivity contribution in [3.05, 3.63) is 54.2 Å². The first-order valence-electron chi connectivity index (χ1n) is 4.69. The highest BCUT2D eigenvalue weighted by atomic mass is 14.7. The van der Waals surface area contributed by atoms with Crippen molar-refractivity contribution < 1.29 is 0 Å². The van der Waals surface area contributed by atoms with Gasteiger partial charge in [0.15, 0.2) is 0 Å². The Morgan fingerprint density at radius 3 is 2.93 bits per heavy atom. The van der Waals surface area contributed by atoms with Crippen LogP contribution >= 0.6 is 0 Å². The number of nitrogens with zero attached hydrogens (tertiary/aromatic N) is 2. The number of rotatable bonds is 2. The molecule has 71 valence electrons. The van der Waals surface area contributed by atoms with E-state index in [4.69, 9.17) is 5.26 Å². The Morgan fingerprint density at radius 2 is 2.20 bits per heavy atom. The molecule has 1 aromatic carbocycles. The van der Waals surface area contributed by atoms with Crippen LogP contribution in [-0.2, 0) is 6.42 Å². The molecule has 0 unspecified atom stereocenters. The van der Waals surface area contributed by atoms with Crippen molar-refractivity contribution in [3.63, 3.8) is 0 Å². The molecule has 1 heterocycles. The van der Waals surface area contributed by atoms with E-state index in [0.29, 0.717) is 6.42 Å². The van der Waals surface area contributed by atoms with Gasteiger partial charge < -0.3 is 0 Å². The smallest absolute Gasteiger partial charge is 0.0893 e. The Morgan fingerprint density at radius 1 is 1.27 bits per heavy atom. The normalized spacial score (nSPS) is 9.53. The summed E-state index contributed by atoms with van der Waals surface area (Å²) in [4.78, 5) is 4.14. The molecule has 0 bridgehead atoms. The summed E-state index contributed by atoms with van der Waals surface area (Å²) in [5.74, 6) is 0. The van der Waals surface area contributed by atoms with Gasteiger partial charge in [0.1, 0.15) is 0 Å². The monoisotopic (exact) mass is 193 g/mol. The first-order valence-corrected chi connectivity index (χ1v) is 4.69. The lowest BCUT2D eigenvalue weighted by Gasteiger charge is -2.01. The van der Waals surface area contributed by atoms with Crippen LogP contribution in [-0.4, -0.2) is 4.98 Å². The van der Waals surface area contributed by atoms with Gasteiger partial charge in [-0.05, 0) is 23.8 Å². The fourth-order valence-corrected chi connectivity index (χ4v) is 1.42. The summed E-state index contributed by atoms with van der Waals surface area (Å²) < 4.78 is 0. The molecule has 2 nitrogen and oxygen atoms in total. The van der Waals surface area contributed by atoms with Gasteiger partial charge in [0.2, 0.25) is 0 Å². The molecule has 1 radical (unpaired) electrons. The third kappa shape index (κ3) is 2.21. The highest BCUT2D eigenvalue weighted by Gasteiger charge is 1.99. The molecule has 0 amide bonds. The zero-order valence-corrected chi connectivity index (χ0v) is 8.14. The number of hydrogen-bond acceptors (Lipinski definition) is 2. The van der Waals surface area contributed by atoms with Crippen molar-refractivity contribution in [2.75, 3.05) is 0 Å². The van der Waals surface area contributed by atoms with Gasteiger partial charge >= 0.3 is 0 Å². The second kappa shape index (κ2) is 4.39. The standard InChI is InChI=1S/C13H9N2/c14-8-7-11-4-3-5-12(10-11)13-6-1-2-9-15-13/h1-6,10H,7H2. The molecule has 0 spiro atoms. The molecule has 0 saturated heterocycles. The van der Waals surface area contributed by atoms with E-state index in [0.717, 1.165) is 16.8 Å². The van der Waals surface area contributed by atoms with Gasteiger partial charge in [-0.15, -0.1) is 0 Å². The Bertz CT molecular complexity index is 483. The Kier molecular flexibility index (Phi) is 2.75. The fourth-order valence-electron chi connectivity index (χ4n) is 1.42. The molecule has 0 fully saturated rings. The van der Waals surface area contributed by atoms with E-state index in [1.807, 2.05) is 36.4 Å². The lowest BCUT2D eigenvalue weighted by Crippen LogP contribution is -1.85. The Hall–Kier alpha value is -2.14. The van der Waals surface area contributed by atoms with E-state index in [1.54, 1.807) is 6.07 Å². The molecule has 0 saturated carbocycles. The van der Waals surface area contributed by atoms with E-state index in [1.165, 1.54) is 0 Å². The van der Waals surface area contributed by atoms with Gasteiger partial charge in [-0.3, -0.25) is 0 Å². The Labute approximate surface area is 88.8 Å². The highest BCUT2D eigenvalue weighted by molar-refractivity contribution is 5.59. The van der Waals surface area contributed by atoms with Gasteiger partial charge in [0.25, 0.3) is 0 Å². The molecule has 0 atom stereocenters. The highest BCUT2D eigenvalue weighted by Crippen LogP contribution is 2.17. The maximum atomic E-state index is 8.61. The molecule has 0 aliphatic heterocycles. The number of hydrogen-bond donors (Lipinski definition) is 0. The average molecular weight is 193 g/mol. The van der Waals surface area contributed by atoms with E-state index in [-0.39, 0.29) is 0 Å². The lowest BCUT2D eigenvalue weighted by molar-refractivity contribution is 1.25. The number of pyridine rings is 1. The van der Waals surface area contributed by atoms with Crippen molar-refractivity contribution in [1.29, 1.82) is 5.26 Å². The van der Waals surface area contributed by atoms with Crippen LogP contribution in [0.3, 0.4) is 0 Å². The number of nitriles is 1. The zero-order valence-electron chi connectivity index (χ0n) is 8.14. The van der Waals surface area contributed by atoms with Crippen LogP contribution < -0.4 is 0 Å². The molecule has 1 aromatic heterocycles. The summed E-state index contributed by atoms with van der Waals surface area (Å²) in [6, 6.07) is 15.6. The third-order valence-corrected chi connectivity index (χ3v) is 2.12. The predicted octanol–water partition coefficient (Wildman–Crippen LogP) is 2.61. The first kappa shape index (κ1) is 9.42. The molecule has 0 N–H and O–H groups in total. The van der Waals surface area contributed by atoms with E-state index >= 15 is 0 Å². The van der Waals surface area contributed by atoms with Crippen molar-refractivity contribution in [2.45, 2.75) is 6.42 Å². The topological polar surface area (TPSA) is 36.7 Å². The molecule has 0 aliphatic rings. The molecule has 2 rings (SSSR count). The van der Waals surface area contributed by atoms with Gasteiger partial charge in [-0.2, -0.15) is 5.26 Å². The van der Waals surface area contributed by atoms with Gasteiger partial charge in [0, 0.05) is 5.56 Å². The molecular formula is C13H9N2. The maximum absolute atomic E-state index is 8.61. The summed E-state index contributed by atoms with van der Waals surface area (Å²) >= 11 is 0. The first-order chi connectivity index (χ1) is 7.40. The minimum absolute atomic E-state index is 0.435. The largest absolute Gasteiger partial charge is 0.246 e. The van der Waals surface area contributed by atoms with Gasteiger partial charge in [0.05, 0.1) is 24.4 Å². The third-order valence-electron chi connectivity index (χ3n) is 2.12. The van der Waals surface area contributed by atoms with Crippen LogP contribution in [0.15, 0.2) is 42.5 Å². The van der Waals surface area contributed by atoms with Gasteiger partial charge in [-0.1, -0.05) is 24.3 Å². The fraction of sp³-hybridized carbons (Fsp3) is 0.0769. The van der Waals surface area contributed by atoms with Crippen molar-refractivity contribution in [2.24, 2.45) is 0 Å². The predicted molar refractivity (Wildman–Crippen MR) is 57.8 cm³/mol. The van der Waals surface area contributed by atoms with Crippen LogP contribution in [0.4, 0.5) is 0 Å². The van der Waals surface area contributed by atoms with Crippen LogP contribution in [0.25, 0.3) is 11.3 Å². The van der Waals surface area contributed by atoms with E-state index in [9.17, 15) is 0 Å². The number of aromatic nitrogens is 1. The van der Waals surface area contributed by atoms with Crippen molar-refractivity contribution >= 4 is 0 Å². The molecule has 2 heteroatoms. The number of benzene rings is 1. The minimum atomic E-state index is 0.435. The second-order valence-corrected chi connectivity index (χ2v) is 3.19. The SMILES string of the molecule is N#CCc1cccc(-c2ccc[c]n2)c1. The average Bonchev–Trinajstić information content (AvgIpc) is 2.31. The summed E-state index contributed by atoms with van der Waals surface area (Å²) in [5.41, 5.74) is 2.93. The molecule has 2 aromatic rings. The van der Waals surface area contributed by atoms with Crippen LogP contribution in [0.5, 0.6) is 0 Å². The summed E-state index contributed by atoms with van der Waals surface area (Å²) in [6.07, 6.45) is 3.23. The summed E-state index contributed by atoms with van der Waals surface area (Å²) in [6.45, 7) is 0. The van der Waals surface area contributed by atoms with E-state index in [2.05, 4.69) is 17.3 Å². The quantitative estimate of drug-likeness (QED) is 0.735. The van der Waals surface area contributed by atoms with Crippen LogP contribution in [0.1, 0.15) is 5.56 Å². The minimum Gasteiger partial charge on any atom is -0.246 e. The molecule has 15 heavy (non-hydrogen) atoms. The summed E-state index contributed by atoms with van der Waals surface area (Å²) in [7, 11) is 0. The van der Waals surface area contributed by atoms with Crippen LogP contribution in [0, 0.1) is 17.5 Å². The summed E-state index contributed by atoms with van der Waals surface area (Å²) in [5, 5.41) is 8.61. The molecule has 0 aliphatic carbocycles. The zero-order chi connectivity index (χ0) is 10.5.